The molecule has 0 atom stereocenters. The first-order valence-corrected chi connectivity index (χ1v) is 26.2. The van der Waals surface area contributed by atoms with E-state index in [0.717, 1.165) is 72.5 Å². The molecule has 12 aromatic carbocycles. The summed E-state index contributed by atoms with van der Waals surface area (Å²) in [4.78, 5) is 2.38. The minimum absolute atomic E-state index is 0.462. The van der Waals surface area contributed by atoms with Crippen molar-refractivity contribution < 1.29 is 4.42 Å². The van der Waals surface area contributed by atoms with Crippen LogP contribution in [0.5, 0.6) is 0 Å². The molecule has 0 unspecified atom stereocenters. The van der Waals surface area contributed by atoms with Gasteiger partial charge in [-0.2, -0.15) is 0 Å². The Morgan fingerprint density at radius 1 is 0.329 bits per heavy atom. The fourth-order valence-electron chi connectivity index (χ4n) is 13.2. The topological polar surface area (TPSA) is 21.3 Å². The van der Waals surface area contributed by atoms with Crippen molar-refractivity contribution in [3.8, 4) is 61.3 Å². The van der Waals surface area contributed by atoms with E-state index in [1.54, 1.807) is 0 Å². The minimum atomic E-state index is -0.462. The van der Waals surface area contributed by atoms with Crippen LogP contribution in [0, 0.1) is 0 Å². The molecule has 3 heteroatoms. The van der Waals surface area contributed by atoms with Crippen LogP contribution >= 0.6 is 0 Å². The first-order valence-electron chi connectivity index (χ1n) is 26.2. The molecule has 2 aliphatic carbocycles. The monoisotopic (exact) mass is 966 g/mol. The number of nitrogens with zero attached hydrogens (tertiary/aromatic N) is 2. The van der Waals surface area contributed by atoms with Crippen LogP contribution in [0.1, 0.15) is 22.3 Å². The fraction of sp³-hybridized carbons (Fsp3) is 0.0137. The third-order valence-corrected chi connectivity index (χ3v) is 16.4. The molecular weight excluding hydrogens is 921 g/mol. The zero-order valence-corrected chi connectivity index (χ0v) is 41.4. The molecule has 0 saturated heterocycles. The van der Waals surface area contributed by atoms with Gasteiger partial charge in [0, 0.05) is 38.6 Å². The highest BCUT2D eigenvalue weighted by Gasteiger charge is 2.52. The average molecular weight is 967 g/mol. The van der Waals surface area contributed by atoms with Crippen LogP contribution in [0.4, 0.5) is 17.1 Å². The van der Waals surface area contributed by atoms with Crippen molar-refractivity contribution in [1.29, 1.82) is 0 Å². The quantitative estimate of drug-likeness (QED) is 0.159. The number of fused-ring (bicyclic) bond motifs is 17. The normalized spacial score (nSPS) is 12.8. The molecule has 76 heavy (non-hydrogen) atoms. The number of anilines is 3. The number of rotatable bonds is 7. The van der Waals surface area contributed by atoms with Crippen LogP contribution < -0.4 is 4.90 Å². The lowest BCUT2D eigenvalue weighted by atomic mass is 9.70. The van der Waals surface area contributed by atoms with E-state index in [0.29, 0.717) is 0 Å². The van der Waals surface area contributed by atoms with Gasteiger partial charge in [-0.15, -0.1) is 0 Å². The van der Waals surface area contributed by atoms with Crippen molar-refractivity contribution in [1.82, 2.24) is 4.57 Å². The van der Waals surface area contributed by atoms with E-state index < -0.39 is 5.41 Å². The Kier molecular flexibility index (Phi) is 9.25. The SMILES string of the molecule is c1ccc(-c2ccc(N(c3cc(-c4ccccc4)cc(-c4ccc5c(c4)c4c6c(ccc4n5-c4ccccc4)C4(c5ccccc5-c5ccccc54)c4ccccc4-6)c3)c3cccc4c3oc3ccccc34)cc2)cc1. The number of hydrogen-bond acceptors (Lipinski definition) is 2. The van der Waals surface area contributed by atoms with Gasteiger partial charge in [0.05, 0.1) is 22.1 Å². The number of furan rings is 1. The Balaban J connectivity index is 0.968. The third kappa shape index (κ3) is 6.11. The molecule has 3 nitrogen and oxygen atoms in total. The van der Waals surface area contributed by atoms with Gasteiger partial charge in [0.1, 0.15) is 5.58 Å². The maximum Gasteiger partial charge on any atom is 0.159 e. The Morgan fingerprint density at radius 2 is 0.868 bits per heavy atom. The molecule has 0 N–H and O–H groups in total. The maximum absolute atomic E-state index is 6.85. The molecule has 0 aliphatic heterocycles. The fourth-order valence-corrected chi connectivity index (χ4v) is 13.2. The number of hydrogen-bond donors (Lipinski definition) is 0. The van der Waals surface area contributed by atoms with Gasteiger partial charge in [0.15, 0.2) is 5.58 Å². The average Bonchev–Trinajstić information content (AvgIpc) is 4.39. The molecule has 2 aromatic heterocycles. The van der Waals surface area contributed by atoms with Gasteiger partial charge in [-0.25, -0.2) is 0 Å². The molecular formula is C73H46N2O. The summed E-state index contributed by atoms with van der Waals surface area (Å²) in [6.07, 6.45) is 0. The third-order valence-electron chi connectivity index (χ3n) is 16.4. The van der Waals surface area contributed by atoms with Crippen molar-refractivity contribution in [2.24, 2.45) is 0 Å². The predicted octanol–water partition coefficient (Wildman–Crippen LogP) is 19.5. The molecule has 0 saturated carbocycles. The van der Waals surface area contributed by atoms with Crippen molar-refractivity contribution in [2.45, 2.75) is 5.41 Å². The summed E-state index contributed by atoms with van der Waals surface area (Å²) in [5, 5.41) is 4.66. The van der Waals surface area contributed by atoms with E-state index in [-0.39, 0.29) is 0 Å². The summed E-state index contributed by atoms with van der Waals surface area (Å²) >= 11 is 0. The van der Waals surface area contributed by atoms with Crippen LogP contribution in [0.2, 0.25) is 0 Å². The minimum Gasteiger partial charge on any atom is -0.454 e. The van der Waals surface area contributed by atoms with Gasteiger partial charge >= 0.3 is 0 Å². The molecule has 2 aliphatic rings. The largest absolute Gasteiger partial charge is 0.454 e. The Hall–Kier alpha value is -9.96. The highest BCUT2D eigenvalue weighted by Crippen LogP contribution is 2.64. The first kappa shape index (κ1) is 42.5. The van der Waals surface area contributed by atoms with Gasteiger partial charge in [-0.3, -0.25) is 0 Å². The number of aromatic nitrogens is 1. The summed E-state index contributed by atoms with van der Waals surface area (Å²) in [6.45, 7) is 0. The number of para-hydroxylation sites is 3. The van der Waals surface area contributed by atoms with Gasteiger partial charge in [-0.1, -0.05) is 206 Å². The van der Waals surface area contributed by atoms with Gasteiger partial charge < -0.3 is 13.9 Å². The summed E-state index contributed by atoms with van der Waals surface area (Å²) in [5.41, 5.74) is 25.2. The highest BCUT2D eigenvalue weighted by atomic mass is 16.3. The van der Waals surface area contributed by atoms with E-state index in [9.17, 15) is 0 Å². The second kappa shape index (κ2) is 16.5. The predicted molar refractivity (Wildman–Crippen MR) is 315 cm³/mol. The lowest BCUT2D eigenvalue weighted by Gasteiger charge is -2.30. The van der Waals surface area contributed by atoms with Crippen LogP contribution in [0.25, 0.3) is 105 Å². The zero-order chi connectivity index (χ0) is 49.9. The van der Waals surface area contributed by atoms with Crippen LogP contribution in [-0.2, 0) is 5.41 Å². The van der Waals surface area contributed by atoms with Crippen LogP contribution in [0.15, 0.2) is 283 Å². The maximum atomic E-state index is 6.85. The van der Waals surface area contributed by atoms with E-state index in [4.69, 9.17) is 4.42 Å². The smallest absolute Gasteiger partial charge is 0.159 e. The van der Waals surface area contributed by atoms with Gasteiger partial charge in [0.2, 0.25) is 0 Å². The molecule has 2 heterocycles. The summed E-state index contributed by atoms with van der Waals surface area (Å²) in [7, 11) is 0. The number of benzene rings is 12. The van der Waals surface area contributed by atoms with Crippen LogP contribution in [-0.4, -0.2) is 4.57 Å². The van der Waals surface area contributed by atoms with E-state index in [1.165, 1.54) is 71.9 Å². The first-order chi connectivity index (χ1) is 37.7. The Morgan fingerprint density at radius 3 is 1.58 bits per heavy atom. The van der Waals surface area contributed by atoms with Gasteiger partial charge in [0.25, 0.3) is 0 Å². The van der Waals surface area contributed by atoms with Gasteiger partial charge in [-0.05, 0) is 151 Å². The Labute approximate surface area is 440 Å². The van der Waals surface area contributed by atoms with E-state index in [2.05, 4.69) is 282 Å². The van der Waals surface area contributed by atoms with Crippen molar-refractivity contribution in [3.05, 3.63) is 301 Å². The van der Waals surface area contributed by atoms with Crippen LogP contribution in [0.3, 0.4) is 0 Å². The second-order valence-corrected chi connectivity index (χ2v) is 20.3. The van der Waals surface area contributed by atoms with Crippen molar-refractivity contribution >= 4 is 60.8 Å². The lowest BCUT2D eigenvalue weighted by Crippen LogP contribution is -2.25. The lowest BCUT2D eigenvalue weighted by molar-refractivity contribution is 0.669. The Bertz CT molecular complexity index is 4580. The summed E-state index contributed by atoms with van der Waals surface area (Å²) < 4.78 is 9.32. The molecule has 0 amide bonds. The molecule has 16 rings (SSSR count). The van der Waals surface area contributed by atoms with E-state index >= 15 is 0 Å². The summed E-state index contributed by atoms with van der Waals surface area (Å²) in [6, 6.07) is 103. The molecule has 0 bridgehead atoms. The van der Waals surface area contributed by atoms with E-state index in [1.807, 2.05) is 6.07 Å². The summed E-state index contributed by atoms with van der Waals surface area (Å²) in [5.74, 6) is 0. The van der Waals surface area contributed by atoms with Crippen molar-refractivity contribution in [2.75, 3.05) is 4.90 Å². The highest BCUT2D eigenvalue weighted by molar-refractivity contribution is 6.20. The molecule has 14 aromatic rings. The second-order valence-electron chi connectivity index (χ2n) is 20.3. The standard InChI is InChI=1S/C73H46N2O/c1-4-19-47(20-5-1)49-35-38-54(39-36-49)74(68-33-18-29-59-58-27-13-17-34-69(58)76-72(59)68)55-44-51(48-21-6-2-7-22-48)43-52(45-55)50-37-41-66-61(46-50)71-67(75(66)53-23-8-3-9-24-53)42-40-65-70(71)60-28-12-16-32-64(60)73(65)62-30-14-10-25-56(62)57-26-11-15-31-63(57)73/h1-46H. The molecule has 0 fully saturated rings. The molecule has 1 spiro atoms. The van der Waals surface area contributed by atoms with Crippen molar-refractivity contribution in [3.63, 3.8) is 0 Å². The molecule has 354 valence electrons. The zero-order valence-electron chi connectivity index (χ0n) is 41.4. The molecule has 0 radical (unpaired) electrons.